The molecule has 2 aromatic carbocycles. The normalized spacial score (nSPS) is 14.2. The molecular formula is C27H27N5O4. The fraction of sp³-hybridized carbons (Fsp3) is 0.259. The number of aromatic nitrogens is 3. The zero-order chi connectivity index (χ0) is 25.2. The third kappa shape index (κ3) is 4.52. The summed E-state index contributed by atoms with van der Waals surface area (Å²) in [6.07, 6.45) is 3.45. The van der Waals surface area contributed by atoms with E-state index >= 15 is 0 Å². The van der Waals surface area contributed by atoms with Crippen molar-refractivity contribution in [2.24, 2.45) is 7.05 Å². The van der Waals surface area contributed by atoms with Crippen LogP contribution in [0.1, 0.15) is 26.3 Å². The van der Waals surface area contributed by atoms with E-state index in [-0.39, 0.29) is 17.4 Å². The standard InChI is InChI=1S/C27H27N5O4/c1-29-17-22(24-23(18-29)26(34)32(28-24)21-6-4-3-5-7-21)25(33)31-14-12-30(13-15-31)16-19-8-10-20(11-9-19)27(35)36-2/h3-11,17-18H,12-16H2,1-2H3. The number of pyridine rings is 1. The Kier molecular flexibility index (Phi) is 6.39. The monoisotopic (exact) mass is 485 g/mol. The van der Waals surface area contributed by atoms with Gasteiger partial charge in [-0.25, -0.2) is 4.79 Å². The Morgan fingerprint density at radius 2 is 1.64 bits per heavy atom. The number of rotatable bonds is 5. The van der Waals surface area contributed by atoms with Gasteiger partial charge in [0, 0.05) is 52.2 Å². The second-order valence-electron chi connectivity index (χ2n) is 8.91. The van der Waals surface area contributed by atoms with Gasteiger partial charge in [0.1, 0.15) is 5.69 Å². The Morgan fingerprint density at radius 1 is 0.944 bits per heavy atom. The predicted octanol–water partition coefficient (Wildman–Crippen LogP) is 2.42. The fourth-order valence-corrected chi connectivity index (χ4v) is 4.54. The molecule has 0 spiro atoms. The first-order valence-corrected chi connectivity index (χ1v) is 11.8. The van der Waals surface area contributed by atoms with Crippen molar-refractivity contribution in [2.75, 3.05) is 33.3 Å². The van der Waals surface area contributed by atoms with Crippen molar-refractivity contribution in [3.8, 4) is 16.9 Å². The molecule has 1 fully saturated rings. The number of fused-ring (bicyclic) bond motifs is 1. The van der Waals surface area contributed by atoms with Crippen LogP contribution in [0, 0.1) is 0 Å². The fourth-order valence-electron chi connectivity index (χ4n) is 4.54. The number of para-hydroxylation sites is 1. The number of carbonyl (C=O) groups excluding carboxylic acids is 2. The molecular weight excluding hydrogens is 458 g/mol. The minimum atomic E-state index is -0.352. The third-order valence-electron chi connectivity index (χ3n) is 6.47. The molecule has 2 aromatic rings. The molecule has 0 bridgehead atoms. The van der Waals surface area contributed by atoms with Gasteiger partial charge in [0.2, 0.25) is 0 Å². The van der Waals surface area contributed by atoms with Crippen LogP contribution in [0.25, 0.3) is 16.9 Å². The van der Waals surface area contributed by atoms with Crippen LogP contribution in [0.2, 0.25) is 0 Å². The lowest BCUT2D eigenvalue weighted by molar-refractivity contribution is 0.0599. The third-order valence-corrected chi connectivity index (χ3v) is 6.47. The molecule has 0 N–H and O–H groups in total. The van der Waals surface area contributed by atoms with Crippen molar-refractivity contribution in [1.82, 2.24) is 24.1 Å². The van der Waals surface area contributed by atoms with E-state index in [1.165, 1.54) is 11.8 Å². The second-order valence-corrected chi connectivity index (χ2v) is 8.91. The van der Waals surface area contributed by atoms with Crippen molar-refractivity contribution in [2.45, 2.75) is 6.54 Å². The van der Waals surface area contributed by atoms with Crippen LogP contribution in [-0.2, 0) is 18.3 Å². The number of esters is 1. The number of carbonyl (C=O) groups is 2. The Morgan fingerprint density at radius 3 is 2.31 bits per heavy atom. The summed E-state index contributed by atoms with van der Waals surface area (Å²) < 4.78 is 7.84. The topological polar surface area (TPSA) is 89.7 Å². The molecule has 0 aromatic heterocycles. The van der Waals surface area contributed by atoms with Crippen LogP contribution < -0.4 is 5.56 Å². The molecule has 0 unspecified atom stereocenters. The Labute approximate surface area is 208 Å². The van der Waals surface area contributed by atoms with E-state index in [2.05, 4.69) is 10.00 Å². The molecule has 1 amide bonds. The first-order chi connectivity index (χ1) is 17.4. The Bertz CT molecular complexity index is 1420. The van der Waals surface area contributed by atoms with Gasteiger partial charge in [-0.3, -0.25) is 14.5 Å². The highest BCUT2D eigenvalue weighted by atomic mass is 16.5. The molecule has 0 atom stereocenters. The van der Waals surface area contributed by atoms with E-state index in [4.69, 9.17) is 4.74 Å². The Balaban J connectivity index is 1.30. The van der Waals surface area contributed by atoms with Crippen molar-refractivity contribution in [1.29, 1.82) is 0 Å². The Hall–Kier alpha value is -4.24. The van der Waals surface area contributed by atoms with Crippen molar-refractivity contribution in [3.05, 3.63) is 94.0 Å². The average Bonchev–Trinajstić information content (AvgIpc) is 3.24. The lowest BCUT2D eigenvalue weighted by Gasteiger charge is -2.35. The van der Waals surface area contributed by atoms with E-state index in [0.29, 0.717) is 41.2 Å². The number of hydrogen-bond donors (Lipinski definition) is 0. The molecule has 3 aliphatic rings. The molecule has 0 radical (unpaired) electrons. The number of ether oxygens (including phenoxy) is 1. The van der Waals surface area contributed by atoms with Gasteiger partial charge < -0.3 is 14.2 Å². The highest BCUT2D eigenvalue weighted by molar-refractivity contribution is 6.00. The van der Waals surface area contributed by atoms with Crippen molar-refractivity contribution >= 4 is 11.9 Å². The van der Waals surface area contributed by atoms with Crippen LogP contribution in [0.5, 0.6) is 0 Å². The van der Waals surface area contributed by atoms with Crippen LogP contribution in [0.3, 0.4) is 0 Å². The van der Waals surface area contributed by atoms with Gasteiger partial charge in [0.25, 0.3) is 11.5 Å². The number of benzene rings is 2. The SMILES string of the molecule is COC(=O)c1ccc(CN2CCN(C(=O)c3cn(C)cc4c(=O)n(-c5ccccc5)nc3-4)CC2)cc1. The molecule has 1 saturated heterocycles. The summed E-state index contributed by atoms with van der Waals surface area (Å²) in [6, 6.07) is 16.6. The largest absolute Gasteiger partial charge is 0.465 e. The smallest absolute Gasteiger partial charge is 0.337 e. The van der Waals surface area contributed by atoms with Gasteiger partial charge in [-0.15, -0.1) is 0 Å². The maximum Gasteiger partial charge on any atom is 0.337 e. The van der Waals surface area contributed by atoms with Crippen molar-refractivity contribution < 1.29 is 14.3 Å². The van der Waals surface area contributed by atoms with E-state index in [1.54, 1.807) is 36.1 Å². The van der Waals surface area contributed by atoms with Gasteiger partial charge in [0.05, 0.1) is 29.5 Å². The zero-order valence-corrected chi connectivity index (χ0v) is 20.3. The van der Waals surface area contributed by atoms with Gasteiger partial charge in [-0.2, -0.15) is 9.78 Å². The summed E-state index contributed by atoms with van der Waals surface area (Å²) in [5.41, 5.74) is 3.29. The average molecular weight is 486 g/mol. The van der Waals surface area contributed by atoms with Crippen LogP contribution in [0.15, 0.2) is 71.8 Å². The van der Waals surface area contributed by atoms with Gasteiger partial charge in [-0.05, 0) is 29.8 Å². The molecule has 9 nitrogen and oxygen atoms in total. The molecule has 0 aliphatic carbocycles. The lowest BCUT2D eigenvalue weighted by atomic mass is 10.1. The van der Waals surface area contributed by atoms with Crippen LogP contribution >= 0.6 is 0 Å². The molecule has 9 heteroatoms. The molecule has 0 saturated carbocycles. The molecule has 3 heterocycles. The predicted molar refractivity (Wildman–Crippen MR) is 134 cm³/mol. The molecule has 3 aliphatic heterocycles. The number of nitrogens with zero attached hydrogens (tertiary/aromatic N) is 5. The maximum absolute atomic E-state index is 13.5. The highest BCUT2D eigenvalue weighted by Gasteiger charge is 2.29. The van der Waals surface area contributed by atoms with E-state index in [1.807, 2.05) is 47.4 Å². The van der Waals surface area contributed by atoms with Crippen molar-refractivity contribution in [3.63, 3.8) is 0 Å². The molecule has 184 valence electrons. The lowest BCUT2D eigenvalue weighted by Crippen LogP contribution is -2.48. The van der Waals surface area contributed by atoms with E-state index in [0.717, 1.165) is 25.2 Å². The quantitative estimate of drug-likeness (QED) is 0.404. The molecule has 36 heavy (non-hydrogen) atoms. The van der Waals surface area contributed by atoms with Crippen LogP contribution in [-0.4, -0.2) is 69.3 Å². The number of aryl methyl sites for hydroxylation is 1. The second kappa shape index (κ2) is 9.79. The van der Waals surface area contributed by atoms with E-state index < -0.39 is 0 Å². The summed E-state index contributed by atoms with van der Waals surface area (Å²) in [7, 11) is 3.17. The zero-order valence-electron chi connectivity index (χ0n) is 20.3. The number of methoxy groups -OCH3 is 1. The first-order valence-electron chi connectivity index (χ1n) is 11.8. The summed E-state index contributed by atoms with van der Waals surface area (Å²) in [5, 5.41) is 4.54. The van der Waals surface area contributed by atoms with Crippen LogP contribution in [0.4, 0.5) is 0 Å². The number of hydrogen-bond acceptors (Lipinski definition) is 6. The summed E-state index contributed by atoms with van der Waals surface area (Å²) in [5.74, 6) is -0.481. The summed E-state index contributed by atoms with van der Waals surface area (Å²) in [6.45, 7) is 3.32. The van der Waals surface area contributed by atoms with E-state index in [9.17, 15) is 14.4 Å². The van der Waals surface area contributed by atoms with Gasteiger partial charge >= 0.3 is 5.97 Å². The minimum Gasteiger partial charge on any atom is -0.465 e. The number of amides is 1. The number of piperazine rings is 1. The summed E-state index contributed by atoms with van der Waals surface area (Å²) >= 11 is 0. The minimum absolute atomic E-state index is 0.129. The summed E-state index contributed by atoms with van der Waals surface area (Å²) in [4.78, 5) is 42.3. The van der Waals surface area contributed by atoms with Gasteiger partial charge in [-0.1, -0.05) is 30.3 Å². The highest BCUT2D eigenvalue weighted by Crippen LogP contribution is 2.24. The first kappa shape index (κ1) is 23.5. The molecule has 5 rings (SSSR count). The maximum atomic E-state index is 13.5. The van der Waals surface area contributed by atoms with Gasteiger partial charge in [0.15, 0.2) is 0 Å².